The van der Waals surface area contributed by atoms with Gasteiger partial charge in [-0.25, -0.2) is 15.0 Å². The summed E-state index contributed by atoms with van der Waals surface area (Å²) in [5.41, 5.74) is 2.51. The Kier molecular flexibility index (Phi) is 10.7. The highest BCUT2D eigenvalue weighted by Crippen LogP contribution is 2.47. The number of hydrogen-bond acceptors (Lipinski definition) is 9. The minimum atomic E-state index is -2.33. The maximum Gasteiger partial charge on any atom is 0.192 e. The molecule has 1 fully saturated rings. The Labute approximate surface area is 291 Å². The van der Waals surface area contributed by atoms with Crippen LogP contribution in [0.5, 0.6) is 0 Å². The Bertz CT molecular complexity index is 1630. The summed E-state index contributed by atoms with van der Waals surface area (Å²) in [7, 11) is -6.72. The lowest BCUT2D eigenvalue weighted by atomic mass is 10.1. The second-order valence-electron chi connectivity index (χ2n) is 17.7. The van der Waals surface area contributed by atoms with Crippen LogP contribution in [0.2, 0.25) is 54.4 Å². The Hall–Kier alpha value is -2.45. The van der Waals surface area contributed by atoms with Crippen molar-refractivity contribution in [3.05, 3.63) is 42.5 Å². The van der Waals surface area contributed by atoms with Gasteiger partial charge in [-0.15, -0.1) is 0 Å². The van der Waals surface area contributed by atoms with E-state index in [1.54, 1.807) is 18.5 Å². The maximum atomic E-state index is 9.40. The summed E-state index contributed by atoms with van der Waals surface area (Å²) < 4.78 is 30.5. The lowest BCUT2D eigenvalue weighted by Gasteiger charge is -2.44. The fraction of sp³-hybridized carbons (Fsp3) is 0.657. The number of benzene rings is 1. The smallest absolute Gasteiger partial charge is 0.192 e. The van der Waals surface area contributed by atoms with Crippen LogP contribution in [0, 0.1) is 11.3 Å². The van der Waals surface area contributed by atoms with Crippen molar-refractivity contribution in [2.45, 2.75) is 141 Å². The zero-order valence-corrected chi connectivity index (χ0v) is 34.8. The van der Waals surface area contributed by atoms with Crippen LogP contribution < -0.4 is 5.32 Å². The van der Waals surface area contributed by atoms with Crippen molar-refractivity contribution in [3.8, 4) is 6.07 Å². The molecular formula is C35H58N6O4Si3. The summed E-state index contributed by atoms with van der Waals surface area (Å²) in [4.78, 5) is 14.0. The van der Waals surface area contributed by atoms with Crippen molar-refractivity contribution < 1.29 is 18.0 Å². The number of imidazole rings is 1. The predicted octanol–water partition coefficient (Wildman–Crippen LogP) is 9.14. The van der Waals surface area contributed by atoms with E-state index in [0.29, 0.717) is 29.2 Å². The Balaban J connectivity index is 1.83. The minimum Gasteiger partial charge on any atom is -0.414 e. The van der Waals surface area contributed by atoms with Gasteiger partial charge in [0.2, 0.25) is 0 Å². The molecule has 1 aromatic carbocycles. The van der Waals surface area contributed by atoms with Gasteiger partial charge in [0.15, 0.2) is 48.2 Å². The maximum absolute atomic E-state index is 9.40. The molecule has 4 rings (SSSR count). The van der Waals surface area contributed by atoms with E-state index >= 15 is 0 Å². The highest BCUT2D eigenvalue weighted by molar-refractivity contribution is 6.75. The topological polar surface area (TPSA) is 116 Å². The largest absolute Gasteiger partial charge is 0.414 e. The molecule has 0 spiro atoms. The summed E-state index contributed by atoms with van der Waals surface area (Å²) in [6.45, 7) is 34.4. The van der Waals surface area contributed by atoms with Crippen LogP contribution in [-0.4, -0.2) is 69.4 Å². The number of nitrogens with one attached hydrogen (secondary N) is 1. The van der Waals surface area contributed by atoms with E-state index in [2.05, 4.69) is 118 Å². The molecule has 1 aliphatic heterocycles. The van der Waals surface area contributed by atoms with E-state index in [1.165, 1.54) is 6.33 Å². The molecule has 0 bridgehead atoms. The van der Waals surface area contributed by atoms with Gasteiger partial charge in [-0.3, -0.25) is 4.57 Å². The second-order valence-corrected chi connectivity index (χ2v) is 32.0. The number of anilines is 2. The molecule has 0 saturated carbocycles. The van der Waals surface area contributed by atoms with Crippen molar-refractivity contribution in [1.82, 2.24) is 19.5 Å². The number of rotatable bonds is 10. The third-order valence-electron chi connectivity index (χ3n) is 11.1. The molecule has 10 nitrogen and oxygen atoms in total. The molecule has 3 heterocycles. The fourth-order valence-electron chi connectivity index (χ4n) is 4.81. The van der Waals surface area contributed by atoms with Gasteiger partial charge < -0.3 is 23.3 Å². The Morgan fingerprint density at radius 3 is 1.98 bits per heavy atom. The summed E-state index contributed by atoms with van der Waals surface area (Å²) in [6.07, 6.45) is 1.58. The zero-order valence-electron chi connectivity index (χ0n) is 31.8. The molecule has 3 aromatic rings. The first-order valence-electron chi connectivity index (χ1n) is 17.0. The molecule has 1 saturated heterocycles. The quantitative estimate of drug-likeness (QED) is 0.206. The number of ether oxygens (including phenoxy) is 1. The van der Waals surface area contributed by atoms with Crippen LogP contribution in [0.1, 0.15) is 74.1 Å². The summed E-state index contributed by atoms with van der Waals surface area (Å²) in [5.74, 6) is 0.542. The molecule has 0 aliphatic carbocycles. The van der Waals surface area contributed by atoms with Crippen molar-refractivity contribution in [3.63, 3.8) is 0 Å². The van der Waals surface area contributed by atoms with E-state index in [1.807, 2.05) is 16.7 Å². The summed E-state index contributed by atoms with van der Waals surface area (Å²) in [5, 5.41) is 12.7. The molecule has 13 heteroatoms. The third kappa shape index (κ3) is 7.96. The van der Waals surface area contributed by atoms with Gasteiger partial charge in [0.25, 0.3) is 0 Å². The second kappa shape index (κ2) is 13.4. The van der Waals surface area contributed by atoms with Gasteiger partial charge >= 0.3 is 0 Å². The highest BCUT2D eigenvalue weighted by Gasteiger charge is 2.55. The van der Waals surface area contributed by atoms with Crippen molar-refractivity contribution >= 4 is 47.6 Å². The van der Waals surface area contributed by atoms with Crippen molar-refractivity contribution in [2.75, 3.05) is 11.9 Å². The normalized spacial score (nSPS) is 21.5. The first-order valence-corrected chi connectivity index (χ1v) is 25.7. The number of nitriles is 1. The molecule has 0 amide bonds. The molecule has 48 heavy (non-hydrogen) atoms. The lowest BCUT2D eigenvalue weighted by Crippen LogP contribution is -2.54. The van der Waals surface area contributed by atoms with E-state index in [9.17, 15) is 5.26 Å². The van der Waals surface area contributed by atoms with Gasteiger partial charge in [0.05, 0.1) is 24.6 Å². The van der Waals surface area contributed by atoms with Gasteiger partial charge in [-0.1, -0.05) is 68.4 Å². The molecule has 1 N–H and O–H groups in total. The molecule has 0 radical (unpaired) electrons. The van der Waals surface area contributed by atoms with Crippen LogP contribution >= 0.6 is 0 Å². The van der Waals surface area contributed by atoms with Crippen LogP contribution in [0.25, 0.3) is 11.2 Å². The third-order valence-corrected chi connectivity index (χ3v) is 24.5. The molecule has 0 unspecified atom stereocenters. The first kappa shape index (κ1) is 38.4. The molecule has 4 atom stereocenters. The number of fused-ring (bicyclic) bond motifs is 1. The van der Waals surface area contributed by atoms with Crippen LogP contribution in [-0.2, 0) is 18.0 Å². The Morgan fingerprint density at radius 2 is 1.42 bits per heavy atom. The van der Waals surface area contributed by atoms with Crippen LogP contribution in [0.15, 0.2) is 36.9 Å². The summed E-state index contributed by atoms with van der Waals surface area (Å²) >= 11 is 0. The molecule has 1 aliphatic rings. The molecule has 2 aromatic heterocycles. The van der Waals surface area contributed by atoms with E-state index in [4.69, 9.17) is 28.0 Å². The van der Waals surface area contributed by atoms with Crippen molar-refractivity contribution in [1.29, 1.82) is 5.26 Å². The lowest BCUT2D eigenvalue weighted by molar-refractivity contribution is -0.0470. The van der Waals surface area contributed by atoms with E-state index in [0.717, 1.165) is 5.69 Å². The van der Waals surface area contributed by atoms with Gasteiger partial charge in [0.1, 0.15) is 24.6 Å². The number of aromatic nitrogens is 4. The van der Waals surface area contributed by atoms with Gasteiger partial charge in [0, 0.05) is 5.69 Å². The SMILES string of the molecule is CC(C)(C)[Si](C)(C)OC[C@H]1O[C@@H](n2cnc3c(Nc4cccc(C#N)c4)ncnc32)[C@H](O[Si](C)(C)C(C)(C)C)[C@@H]1O[Si](C)(C)C(C)(C)C. The molecule has 264 valence electrons. The Morgan fingerprint density at radius 1 is 0.833 bits per heavy atom. The number of hydrogen-bond donors (Lipinski definition) is 1. The summed E-state index contributed by atoms with van der Waals surface area (Å²) in [6, 6.07) is 9.47. The predicted molar refractivity (Wildman–Crippen MR) is 201 cm³/mol. The number of nitrogens with zero attached hydrogens (tertiary/aromatic N) is 5. The van der Waals surface area contributed by atoms with E-state index < -0.39 is 37.3 Å². The molecular weight excluding hydrogens is 653 g/mol. The van der Waals surface area contributed by atoms with Crippen LogP contribution in [0.4, 0.5) is 11.5 Å². The average molecular weight is 711 g/mol. The van der Waals surface area contributed by atoms with Crippen molar-refractivity contribution in [2.24, 2.45) is 0 Å². The highest BCUT2D eigenvalue weighted by atomic mass is 28.4. The average Bonchev–Trinajstić information content (AvgIpc) is 3.52. The van der Waals surface area contributed by atoms with Crippen LogP contribution in [0.3, 0.4) is 0 Å². The van der Waals surface area contributed by atoms with Gasteiger partial charge in [-0.05, 0) is 72.6 Å². The monoisotopic (exact) mass is 710 g/mol. The van der Waals surface area contributed by atoms with Gasteiger partial charge in [-0.2, -0.15) is 5.26 Å². The standard InChI is InChI=1S/C35H58N6O4Si3/c1-33(2,3)46(10,11)42-21-26-28(44-47(12,13)34(4,5)6)29(45-48(14,15)35(7,8)9)32(43-26)41-23-39-27-30(37-22-38-31(27)41)40-25-18-16-17-24(19-25)20-36/h16-19,22-23,26,28-29,32H,21H2,1-15H3,(H,37,38,40)/t26-,28-,29-,32-/m1/s1. The first-order chi connectivity index (χ1) is 21.9. The van der Waals surface area contributed by atoms with E-state index in [-0.39, 0.29) is 27.3 Å². The minimum absolute atomic E-state index is 0.0181. The fourth-order valence-corrected chi connectivity index (χ4v) is 8.43. The zero-order chi connectivity index (χ0) is 36.1.